The Kier molecular flexibility index (Phi) is 6.94. The lowest BCUT2D eigenvalue weighted by Crippen LogP contribution is -2.74. The summed E-state index contributed by atoms with van der Waals surface area (Å²) < 4.78 is 5.78. The monoisotopic (exact) mass is 437 g/mol. The van der Waals surface area contributed by atoms with Crippen LogP contribution < -0.4 is 0 Å². The summed E-state index contributed by atoms with van der Waals surface area (Å²) in [6.45, 7) is 14.4. The third-order valence-electron chi connectivity index (χ3n) is 6.61. The van der Waals surface area contributed by atoms with Crippen LogP contribution in [0, 0.1) is 11.3 Å². The van der Waals surface area contributed by atoms with Gasteiger partial charge in [-0.25, -0.2) is 4.79 Å². The van der Waals surface area contributed by atoms with E-state index in [2.05, 4.69) is 52.7 Å². The minimum atomic E-state index is 0.0955. The number of urea groups is 1. The van der Waals surface area contributed by atoms with E-state index in [0.29, 0.717) is 32.2 Å². The predicted octanol–water partition coefficient (Wildman–Crippen LogP) is 3.14. The molecule has 172 valence electrons. The number of amides is 2. The van der Waals surface area contributed by atoms with Gasteiger partial charge in [-0.1, -0.05) is 37.8 Å². The van der Waals surface area contributed by atoms with Crippen LogP contribution >= 0.6 is 0 Å². The summed E-state index contributed by atoms with van der Waals surface area (Å²) in [6.07, 6.45) is 13.1. The average molecular weight is 438 g/mol. The van der Waals surface area contributed by atoms with Gasteiger partial charge >= 0.3 is 6.03 Å². The first kappa shape index (κ1) is 22.5. The summed E-state index contributed by atoms with van der Waals surface area (Å²) >= 11 is 0. The van der Waals surface area contributed by atoms with E-state index in [1.165, 1.54) is 0 Å². The number of amidine groups is 1. The summed E-state index contributed by atoms with van der Waals surface area (Å²) in [5.41, 5.74) is 2.28. The lowest BCUT2D eigenvalue weighted by molar-refractivity contribution is -0.0685. The highest BCUT2D eigenvalue weighted by atomic mass is 16.5. The van der Waals surface area contributed by atoms with E-state index < -0.39 is 0 Å². The lowest BCUT2D eigenvalue weighted by Gasteiger charge is -2.61. The van der Waals surface area contributed by atoms with Crippen LogP contribution in [0.2, 0.25) is 0 Å². The molecule has 0 saturated carbocycles. The number of hydrogen-bond donors (Lipinski definition) is 0. The molecule has 0 aromatic carbocycles. The van der Waals surface area contributed by atoms with Crippen molar-refractivity contribution in [2.75, 3.05) is 59.0 Å². The molecule has 2 saturated heterocycles. The van der Waals surface area contributed by atoms with Gasteiger partial charge in [-0.2, -0.15) is 0 Å². The Balaban J connectivity index is 1.37. The van der Waals surface area contributed by atoms with Crippen molar-refractivity contribution in [3.8, 4) is 0 Å². The molecular formula is C25H35N5O2. The van der Waals surface area contributed by atoms with Gasteiger partial charge in [0.2, 0.25) is 0 Å². The summed E-state index contributed by atoms with van der Waals surface area (Å²) in [4.78, 5) is 28.6. The fourth-order valence-corrected chi connectivity index (χ4v) is 4.88. The molecule has 2 fully saturated rings. The molecule has 2 amide bonds. The molecule has 7 nitrogen and oxygen atoms in total. The first-order valence-corrected chi connectivity index (χ1v) is 11.7. The second-order valence-corrected chi connectivity index (χ2v) is 9.02. The molecule has 3 heterocycles. The maximum atomic E-state index is 13.4. The first-order valence-electron chi connectivity index (χ1n) is 11.7. The molecule has 1 atom stereocenters. The maximum absolute atomic E-state index is 13.4. The van der Waals surface area contributed by atoms with Crippen molar-refractivity contribution in [2.24, 2.45) is 21.3 Å². The van der Waals surface area contributed by atoms with Crippen LogP contribution in [0.5, 0.6) is 0 Å². The number of aliphatic imine (C=N–C) groups is 2. The van der Waals surface area contributed by atoms with Crippen molar-refractivity contribution >= 4 is 18.1 Å². The molecule has 0 aromatic rings. The molecule has 1 spiro atoms. The zero-order valence-corrected chi connectivity index (χ0v) is 19.4. The molecule has 7 heteroatoms. The highest BCUT2D eigenvalue weighted by Crippen LogP contribution is 2.41. The van der Waals surface area contributed by atoms with Gasteiger partial charge in [0, 0.05) is 49.9 Å². The Morgan fingerprint density at radius 2 is 1.97 bits per heavy atom. The van der Waals surface area contributed by atoms with Gasteiger partial charge in [-0.15, -0.1) is 0 Å². The van der Waals surface area contributed by atoms with Gasteiger partial charge in [0.15, 0.2) is 0 Å². The molecule has 4 aliphatic rings. The fraction of sp³-hybridized carbons (Fsp3) is 0.560. The molecule has 0 N–H and O–H groups in total. The number of carbonyl (C=O) groups excluding carboxylic acids is 1. The standard InChI is InChI=1S/C25H35N5O2/c1-4-11-26-14-23(27-6-3)28-16-25(17-28)18-29(19-25)24(31)30-12-13-32-15-21-9-7-20(5-2)8-10-22(21)30/h4,7-11,20H,1,5-6,12-19H2,2-3H3. The molecule has 1 aliphatic carbocycles. The third kappa shape index (κ3) is 4.58. The normalized spacial score (nSPS) is 24.9. The third-order valence-corrected chi connectivity index (χ3v) is 6.61. The molecule has 32 heavy (non-hydrogen) atoms. The van der Waals surface area contributed by atoms with Crippen molar-refractivity contribution in [3.63, 3.8) is 0 Å². The van der Waals surface area contributed by atoms with Crippen LogP contribution in [0.3, 0.4) is 0 Å². The van der Waals surface area contributed by atoms with Crippen LogP contribution in [-0.2, 0) is 4.74 Å². The Bertz CT molecular complexity index is 871. The SMILES string of the molecule is C=CC=NCC(=NCC)N1CC2(CN(C(=O)N3CCOCC4=C3C=CC(CC)C=C4)C2)C1. The summed E-state index contributed by atoms with van der Waals surface area (Å²) in [7, 11) is 0. The quantitative estimate of drug-likeness (QED) is 0.490. The molecular weight excluding hydrogens is 402 g/mol. The molecule has 1 unspecified atom stereocenters. The van der Waals surface area contributed by atoms with Crippen LogP contribution in [0.15, 0.2) is 58.2 Å². The first-order chi connectivity index (χ1) is 15.6. The molecule has 0 aromatic heterocycles. The Morgan fingerprint density at radius 1 is 1.22 bits per heavy atom. The van der Waals surface area contributed by atoms with E-state index in [4.69, 9.17) is 4.74 Å². The minimum absolute atomic E-state index is 0.0955. The van der Waals surface area contributed by atoms with E-state index in [1.54, 1.807) is 12.3 Å². The zero-order valence-electron chi connectivity index (χ0n) is 19.4. The van der Waals surface area contributed by atoms with E-state index in [0.717, 1.165) is 56.3 Å². The van der Waals surface area contributed by atoms with Gasteiger partial charge in [0.05, 0.1) is 32.0 Å². The largest absolute Gasteiger partial charge is 0.375 e. The predicted molar refractivity (Wildman–Crippen MR) is 129 cm³/mol. The molecule has 0 radical (unpaired) electrons. The van der Waals surface area contributed by atoms with Gasteiger partial charge in [0.25, 0.3) is 0 Å². The van der Waals surface area contributed by atoms with Crippen molar-refractivity contribution in [2.45, 2.75) is 20.3 Å². The average Bonchev–Trinajstić information content (AvgIpc) is 3.06. The number of nitrogens with zero attached hydrogens (tertiary/aromatic N) is 5. The number of allylic oxidation sites excluding steroid dienone is 4. The summed E-state index contributed by atoms with van der Waals surface area (Å²) in [6, 6.07) is 0.0955. The summed E-state index contributed by atoms with van der Waals surface area (Å²) in [5.74, 6) is 1.43. The molecule has 3 aliphatic heterocycles. The summed E-state index contributed by atoms with van der Waals surface area (Å²) in [5, 5.41) is 0. The van der Waals surface area contributed by atoms with Gasteiger partial charge in [-0.05, 0) is 25.3 Å². The number of carbonyl (C=O) groups is 1. The Morgan fingerprint density at radius 3 is 2.69 bits per heavy atom. The number of likely N-dealkylation sites (tertiary alicyclic amines) is 2. The smallest absolute Gasteiger partial charge is 0.324 e. The zero-order chi connectivity index (χ0) is 22.6. The van der Waals surface area contributed by atoms with Crippen molar-refractivity contribution in [1.29, 1.82) is 0 Å². The van der Waals surface area contributed by atoms with Crippen molar-refractivity contribution in [1.82, 2.24) is 14.7 Å². The Hall–Kier alpha value is -2.67. The Labute approximate surface area is 191 Å². The molecule has 0 bridgehead atoms. The van der Waals surface area contributed by atoms with E-state index >= 15 is 0 Å². The number of rotatable bonds is 5. The van der Waals surface area contributed by atoms with Crippen molar-refractivity contribution < 1.29 is 9.53 Å². The van der Waals surface area contributed by atoms with Gasteiger partial charge < -0.3 is 14.5 Å². The van der Waals surface area contributed by atoms with Gasteiger partial charge in [0.1, 0.15) is 5.84 Å². The van der Waals surface area contributed by atoms with E-state index in [-0.39, 0.29) is 11.4 Å². The van der Waals surface area contributed by atoms with Crippen LogP contribution in [-0.4, -0.2) is 91.8 Å². The topological polar surface area (TPSA) is 60.7 Å². The second-order valence-electron chi connectivity index (χ2n) is 9.02. The second kappa shape index (κ2) is 9.86. The number of ether oxygens (including phenoxy) is 1. The number of hydrogen-bond acceptors (Lipinski definition) is 4. The lowest BCUT2D eigenvalue weighted by atomic mass is 9.73. The molecule has 4 rings (SSSR count). The highest BCUT2D eigenvalue weighted by Gasteiger charge is 2.54. The van der Waals surface area contributed by atoms with Crippen molar-refractivity contribution in [3.05, 3.63) is 48.2 Å². The van der Waals surface area contributed by atoms with Crippen LogP contribution in [0.1, 0.15) is 20.3 Å². The highest BCUT2D eigenvalue weighted by molar-refractivity contribution is 5.87. The van der Waals surface area contributed by atoms with Crippen LogP contribution in [0.4, 0.5) is 4.79 Å². The maximum Gasteiger partial charge on any atom is 0.324 e. The van der Waals surface area contributed by atoms with E-state index in [1.807, 2.05) is 16.7 Å². The van der Waals surface area contributed by atoms with E-state index in [9.17, 15) is 4.79 Å². The van der Waals surface area contributed by atoms with Crippen LogP contribution in [0.25, 0.3) is 0 Å². The fourth-order valence-electron chi connectivity index (χ4n) is 4.88. The minimum Gasteiger partial charge on any atom is -0.375 e. The van der Waals surface area contributed by atoms with Gasteiger partial charge in [-0.3, -0.25) is 14.9 Å².